The zero-order chi connectivity index (χ0) is 8.65. The van der Waals surface area contributed by atoms with Crippen molar-refractivity contribution < 1.29 is 0 Å². The summed E-state index contributed by atoms with van der Waals surface area (Å²) in [5.41, 5.74) is 3.13. The molecule has 0 saturated carbocycles. The van der Waals surface area contributed by atoms with E-state index in [0.29, 0.717) is 0 Å². The van der Waals surface area contributed by atoms with Gasteiger partial charge in [0.05, 0.1) is 3.79 Å². The van der Waals surface area contributed by atoms with Crippen molar-refractivity contribution in [2.75, 3.05) is 0 Å². The molecule has 0 saturated heterocycles. The Morgan fingerprint density at radius 1 is 1.36 bits per heavy atom. The van der Waals surface area contributed by atoms with Gasteiger partial charge in [0.2, 0.25) is 0 Å². The average Bonchev–Trinajstić information content (AvgIpc) is 2.11. The number of hydrogen-bond acceptors (Lipinski definition) is 1. The molecule has 0 bridgehead atoms. The topological polar surface area (TPSA) is 0 Å². The summed E-state index contributed by atoms with van der Waals surface area (Å²) < 4.78 is 1.27. The first-order chi connectivity index (χ1) is 4.93. The zero-order valence-corrected chi connectivity index (χ0v) is 9.77. The molecular weight excluding hydrogens is 220 g/mol. The highest BCUT2D eigenvalue weighted by Crippen LogP contribution is 2.34. The molecule has 0 aromatic carbocycles. The summed E-state index contributed by atoms with van der Waals surface area (Å²) in [4.78, 5) is 0. The van der Waals surface area contributed by atoms with Crippen molar-refractivity contribution in [1.29, 1.82) is 0 Å². The molecular formula is C9H13BrS. The van der Waals surface area contributed by atoms with Crippen LogP contribution in [0.15, 0.2) is 9.17 Å². The highest BCUT2D eigenvalue weighted by molar-refractivity contribution is 9.11. The van der Waals surface area contributed by atoms with E-state index in [9.17, 15) is 0 Å². The van der Waals surface area contributed by atoms with Crippen LogP contribution < -0.4 is 0 Å². The second kappa shape index (κ2) is 2.91. The standard InChI is InChI=1S/C9H13BrS/c1-6-7(9(2,3)4)5-11-8(6)10/h5H,1-4H3. The smallest absolute Gasteiger partial charge is 0.0730 e. The second-order valence-electron chi connectivity index (χ2n) is 3.80. The quantitative estimate of drug-likeness (QED) is 0.632. The first-order valence-electron chi connectivity index (χ1n) is 3.67. The summed E-state index contributed by atoms with van der Waals surface area (Å²) in [5.74, 6) is 0. The van der Waals surface area contributed by atoms with E-state index in [1.807, 2.05) is 0 Å². The normalized spacial score (nSPS) is 12.1. The molecule has 62 valence electrons. The first kappa shape index (κ1) is 9.27. The van der Waals surface area contributed by atoms with Gasteiger partial charge in [-0.1, -0.05) is 20.8 Å². The third-order valence-corrected chi connectivity index (χ3v) is 3.81. The van der Waals surface area contributed by atoms with Crippen molar-refractivity contribution in [2.24, 2.45) is 0 Å². The van der Waals surface area contributed by atoms with Crippen molar-refractivity contribution in [3.63, 3.8) is 0 Å². The summed E-state index contributed by atoms with van der Waals surface area (Å²) in [6, 6.07) is 0. The minimum absolute atomic E-state index is 0.284. The lowest BCUT2D eigenvalue weighted by atomic mass is 9.87. The van der Waals surface area contributed by atoms with Gasteiger partial charge in [-0.25, -0.2) is 0 Å². The van der Waals surface area contributed by atoms with Gasteiger partial charge in [0.15, 0.2) is 0 Å². The lowest BCUT2D eigenvalue weighted by Gasteiger charge is -2.18. The molecule has 0 radical (unpaired) electrons. The van der Waals surface area contributed by atoms with Crippen LogP contribution in [0.25, 0.3) is 0 Å². The minimum Gasteiger partial charge on any atom is -0.136 e. The minimum atomic E-state index is 0.284. The number of rotatable bonds is 0. The van der Waals surface area contributed by atoms with Crippen molar-refractivity contribution in [2.45, 2.75) is 33.1 Å². The number of hydrogen-bond donors (Lipinski definition) is 0. The predicted octanol–water partition coefficient (Wildman–Crippen LogP) is 4.12. The van der Waals surface area contributed by atoms with Gasteiger partial charge >= 0.3 is 0 Å². The number of halogens is 1. The van der Waals surface area contributed by atoms with Gasteiger partial charge < -0.3 is 0 Å². The summed E-state index contributed by atoms with van der Waals surface area (Å²) >= 11 is 5.30. The Hall–Kier alpha value is 0.180. The van der Waals surface area contributed by atoms with Gasteiger partial charge in [0.25, 0.3) is 0 Å². The molecule has 0 atom stereocenters. The van der Waals surface area contributed by atoms with Crippen molar-refractivity contribution in [3.05, 3.63) is 20.3 Å². The molecule has 0 spiro atoms. The van der Waals surface area contributed by atoms with Crippen molar-refractivity contribution >= 4 is 27.3 Å². The molecule has 1 aromatic rings. The molecule has 0 amide bonds. The van der Waals surface area contributed by atoms with E-state index in [1.54, 1.807) is 11.3 Å². The third kappa shape index (κ3) is 1.85. The molecule has 0 unspecified atom stereocenters. The molecule has 0 N–H and O–H groups in total. The first-order valence-corrected chi connectivity index (χ1v) is 5.34. The van der Waals surface area contributed by atoms with Gasteiger partial charge in [0.1, 0.15) is 0 Å². The van der Waals surface area contributed by atoms with Gasteiger partial charge in [-0.2, -0.15) is 0 Å². The van der Waals surface area contributed by atoms with Crippen LogP contribution in [0, 0.1) is 6.92 Å². The molecule has 0 aliphatic rings. The van der Waals surface area contributed by atoms with E-state index in [-0.39, 0.29) is 5.41 Å². The Morgan fingerprint density at radius 3 is 2.09 bits per heavy atom. The van der Waals surface area contributed by atoms with E-state index in [4.69, 9.17) is 0 Å². The fourth-order valence-electron chi connectivity index (χ4n) is 1.13. The fraction of sp³-hybridized carbons (Fsp3) is 0.556. The van der Waals surface area contributed by atoms with E-state index < -0.39 is 0 Å². The van der Waals surface area contributed by atoms with Gasteiger partial charge in [-0.3, -0.25) is 0 Å². The highest BCUT2D eigenvalue weighted by atomic mass is 79.9. The van der Waals surface area contributed by atoms with Crippen LogP contribution in [0.5, 0.6) is 0 Å². The van der Waals surface area contributed by atoms with Gasteiger partial charge in [0, 0.05) is 0 Å². The van der Waals surface area contributed by atoms with Crippen molar-refractivity contribution in [1.82, 2.24) is 0 Å². The molecule has 1 rings (SSSR count). The van der Waals surface area contributed by atoms with Gasteiger partial charge in [-0.05, 0) is 44.8 Å². The molecule has 0 aliphatic heterocycles. The number of thiophene rings is 1. The Balaban J connectivity index is 3.15. The van der Waals surface area contributed by atoms with Crippen LogP contribution in [0.2, 0.25) is 0 Å². The Kier molecular flexibility index (Phi) is 2.45. The largest absolute Gasteiger partial charge is 0.136 e. The molecule has 1 heterocycles. The average molecular weight is 233 g/mol. The lowest BCUT2D eigenvalue weighted by molar-refractivity contribution is 0.588. The van der Waals surface area contributed by atoms with E-state index >= 15 is 0 Å². The highest BCUT2D eigenvalue weighted by Gasteiger charge is 2.18. The molecule has 1 aromatic heterocycles. The summed E-state index contributed by atoms with van der Waals surface area (Å²) in [7, 11) is 0. The lowest BCUT2D eigenvalue weighted by Crippen LogP contribution is -2.10. The predicted molar refractivity (Wildman–Crippen MR) is 55.5 cm³/mol. The van der Waals surface area contributed by atoms with E-state index in [0.717, 1.165) is 0 Å². The fourth-order valence-corrected chi connectivity index (χ4v) is 2.66. The summed E-state index contributed by atoms with van der Waals surface area (Å²) in [5, 5.41) is 2.24. The molecule has 0 fully saturated rings. The van der Waals surface area contributed by atoms with E-state index in [1.165, 1.54) is 14.9 Å². The van der Waals surface area contributed by atoms with Crippen LogP contribution in [-0.4, -0.2) is 0 Å². The van der Waals surface area contributed by atoms with E-state index in [2.05, 4.69) is 49.0 Å². The maximum absolute atomic E-state index is 3.53. The maximum atomic E-state index is 3.53. The third-order valence-electron chi connectivity index (χ3n) is 1.79. The van der Waals surface area contributed by atoms with Crippen LogP contribution >= 0.6 is 27.3 Å². The summed E-state index contributed by atoms with van der Waals surface area (Å²) in [6.45, 7) is 8.90. The van der Waals surface area contributed by atoms with Crippen LogP contribution in [0.4, 0.5) is 0 Å². The molecule has 2 heteroatoms. The molecule has 0 nitrogen and oxygen atoms in total. The SMILES string of the molecule is Cc1c(C(C)(C)C)csc1Br. The Bertz CT molecular complexity index is 255. The van der Waals surface area contributed by atoms with Gasteiger partial charge in [-0.15, -0.1) is 11.3 Å². The maximum Gasteiger partial charge on any atom is 0.0730 e. The zero-order valence-electron chi connectivity index (χ0n) is 7.36. The monoisotopic (exact) mass is 232 g/mol. The Labute approximate surface area is 80.8 Å². The van der Waals surface area contributed by atoms with Crippen molar-refractivity contribution in [3.8, 4) is 0 Å². The molecule has 0 aliphatic carbocycles. The van der Waals surface area contributed by atoms with Crippen LogP contribution in [-0.2, 0) is 5.41 Å². The Morgan fingerprint density at radius 2 is 1.91 bits per heavy atom. The van der Waals surface area contributed by atoms with Crippen LogP contribution in [0.1, 0.15) is 31.9 Å². The molecule has 11 heavy (non-hydrogen) atoms. The summed E-state index contributed by atoms with van der Waals surface area (Å²) in [6.07, 6.45) is 0. The second-order valence-corrected chi connectivity index (χ2v) is 6.00. The van der Waals surface area contributed by atoms with Crippen LogP contribution in [0.3, 0.4) is 0 Å².